The lowest BCUT2D eigenvalue weighted by molar-refractivity contribution is -0.360. The van der Waals surface area contributed by atoms with Crippen LogP contribution >= 0.6 is 0 Å². The van der Waals surface area contributed by atoms with Gasteiger partial charge >= 0.3 is 18.3 Å². The maximum Gasteiger partial charge on any atom is 0.409 e. The Kier molecular flexibility index (Phi) is 18.3. The van der Waals surface area contributed by atoms with Crippen molar-refractivity contribution in [2.45, 2.75) is 184 Å². The summed E-state index contributed by atoms with van der Waals surface area (Å²) < 4.78 is 44.8. The van der Waals surface area contributed by atoms with Crippen LogP contribution in [0.3, 0.4) is 0 Å². The largest absolute Gasteiger partial charge is 0.444 e. The van der Waals surface area contributed by atoms with Crippen molar-refractivity contribution >= 4 is 24.2 Å². The molecule has 0 aromatic rings. The molecule has 0 aliphatic carbocycles. The van der Waals surface area contributed by atoms with Crippen molar-refractivity contribution in [1.29, 1.82) is 0 Å². The molecular formula is C36H65N5O20. The van der Waals surface area contributed by atoms with E-state index >= 15 is 0 Å². The van der Waals surface area contributed by atoms with E-state index in [0.717, 1.165) is 0 Å². The molecule has 0 bridgehead atoms. The van der Waals surface area contributed by atoms with Gasteiger partial charge in [-0.05, 0) is 68.7 Å². The zero-order valence-electron chi connectivity index (χ0n) is 35.6. The van der Waals surface area contributed by atoms with Crippen LogP contribution in [0.25, 0.3) is 0 Å². The number of nitrogens with two attached hydrogens (primary N) is 1. The van der Waals surface area contributed by atoms with Gasteiger partial charge in [-0.3, -0.25) is 10.1 Å². The van der Waals surface area contributed by atoms with Gasteiger partial charge in [-0.1, -0.05) is 0 Å². The molecule has 354 valence electrons. The summed E-state index contributed by atoms with van der Waals surface area (Å²) in [4.78, 5) is 51.4. The Morgan fingerprint density at radius 2 is 1.08 bits per heavy atom. The Balaban J connectivity index is 2.02. The number of alkyl carbamates (subject to hydrolysis) is 3. The third-order valence-corrected chi connectivity index (χ3v) is 8.95. The molecule has 0 saturated carbocycles. The maximum absolute atomic E-state index is 13.5. The summed E-state index contributed by atoms with van der Waals surface area (Å²) in [7, 11) is 0. The molecule has 0 spiro atoms. The molecule has 25 nitrogen and oxygen atoms in total. The number of amides is 4. The number of aliphatic hydroxyl groups excluding tert-OH is 8. The topological polar surface area (TPSA) is 378 Å². The second-order valence-electron chi connectivity index (χ2n) is 17.7. The van der Waals surface area contributed by atoms with Gasteiger partial charge in [-0.25, -0.2) is 14.4 Å². The fraction of sp³-hybridized carbons (Fsp3) is 0.889. The monoisotopic (exact) mass is 887 g/mol. The van der Waals surface area contributed by atoms with Gasteiger partial charge in [0.05, 0.1) is 12.6 Å². The second-order valence-corrected chi connectivity index (χ2v) is 17.7. The predicted molar refractivity (Wildman–Crippen MR) is 203 cm³/mol. The van der Waals surface area contributed by atoms with Gasteiger partial charge in [0.1, 0.15) is 83.9 Å². The van der Waals surface area contributed by atoms with E-state index in [-0.39, 0.29) is 19.5 Å². The van der Waals surface area contributed by atoms with Gasteiger partial charge in [0, 0.05) is 13.1 Å². The molecule has 0 radical (unpaired) electrons. The molecule has 3 aliphatic rings. The highest BCUT2D eigenvalue weighted by atomic mass is 16.7. The quantitative estimate of drug-likeness (QED) is 0.0780. The number of carbonyl (C=O) groups excluding carboxylic acids is 4. The summed E-state index contributed by atoms with van der Waals surface area (Å²) >= 11 is 0. The number of rotatable bonds is 13. The molecule has 16 atom stereocenters. The zero-order valence-corrected chi connectivity index (χ0v) is 35.6. The van der Waals surface area contributed by atoms with Crippen molar-refractivity contribution < 1.29 is 97.9 Å². The molecule has 3 heterocycles. The summed E-state index contributed by atoms with van der Waals surface area (Å²) in [5, 5.41) is 96.3. The first kappa shape index (κ1) is 52.1. The molecule has 3 rings (SSSR count). The van der Waals surface area contributed by atoms with E-state index in [1.165, 1.54) is 20.8 Å². The SMILES string of the molecule is CC(C)(C)OC(=O)NCC[C@H](O)C(=O)N[C@@H]1OC(NC(=O)OC(C)(C)C)[C@@H](O[C@H]2OC(CN)[C@@H](O)[C@H](O)C2O)[C@H](O)C1O[C@H]1OC(CO)[C@@H](O)C(NC(=O)OC(C)(C)C)[C@@H]1O. The highest BCUT2D eigenvalue weighted by Gasteiger charge is 2.55. The number of carbonyl (C=O) groups is 4. The Bertz CT molecular complexity index is 1460. The van der Waals surface area contributed by atoms with Crippen molar-refractivity contribution in [1.82, 2.24) is 21.3 Å². The van der Waals surface area contributed by atoms with E-state index in [4.69, 9.17) is 43.6 Å². The van der Waals surface area contributed by atoms with Crippen LogP contribution < -0.4 is 27.0 Å². The standard InChI is InChI=1S/C36H65N5O20/c1-34(2,3)59-31(51)38-11-10-14(43)26(50)40-27-24(56-29-20(46)17(18(44)16(13-42)55-29)39-32(52)60-35(4,5)6)23(49)25(28(58-27)41-33(53)61-36(7,8)9)57-30-22(48)21(47)19(45)15(12-37)54-30/h14-25,27-30,42-49H,10-13,37H2,1-9H3,(H,38,51)(H,39,52)(H,40,50)(H,41,53)/t14-,15?,16?,17?,18+,19+,20-,21-,22?,23+,24?,25-,27+,28?,29+,30+/m0/s1. The number of aliphatic hydroxyl groups is 8. The van der Waals surface area contributed by atoms with E-state index in [1.54, 1.807) is 41.5 Å². The van der Waals surface area contributed by atoms with Crippen LogP contribution in [0.1, 0.15) is 68.7 Å². The van der Waals surface area contributed by atoms with Crippen molar-refractivity contribution in [3.8, 4) is 0 Å². The van der Waals surface area contributed by atoms with Gasteiger partial charge < -0.3 is 100 Å². The minimum absolute atomic E-state index is 0.261. The molecular weight excluding hydrogens is 822 g/mol. The average Bonchev–Trinajstić information content (AvgIpc) is 3.11. The van der Waals surface area contributed by atoms with Crippen molar-refractivity contribution in [3.63, 3.8) is 0 Å². The molecule has 25 heteroatoms. The fourth-order valence-electron chi connectivity index (χ4n) is 6.16. The summed E-state index contributed by atoms with van der Waals surface area (Å²) in [6.07, 6.45) is -31.3. The molecule has 3 saturated heterocycles. The van der Waals surface area contributed by atoms with E-state index < -0.39 is 146 Å². The van der Waals surface area contributed by atoms with Crippen LogP contribution in [-0.4, -0.2) is 200 Å². The lowest BCUT2D eigenvalue weighted by Crippen LogP contribution is -2.71. The van der Waals surface area contributed by atoms with E-state index in [0.29, 0.717) is 0 Å². The third kappa shape index (κ3) is 15.2. The van der Waals surface area contributed by atoms with Crippen LogP contribution in [0, 0.1) is 0 Å². The molecule has 14 N–H and O–H groups in total. The fourth-order valence-corrected chi connectivity index (χ4v) is 6.16. The normalized spacial score (nSPS) is 35.3. The number of ether oxygens (including phenoxy) is 8. The number of hydrogen-bond acceptors (Lipinski definition) is 21. The molecule has 61 heavy (non-hydrogen) atoms. The maximum atomic E-state index is 13.5. The first-order chi connectivity index (χ1) is 28.0. The molecule has 4 amide bonds. The van der Waals surface area contributed by atoms with E-state index in [1.807, 2.05) is 0 Å². The molecule has 3 fully saturated rings. The van der Waals surface area contributed by atoms with Crippen LogP contribution in [0.5, 0.6) is 0 Å². The number of hydrogen-bond donors (Lipinski definition) is 13. The van der Waals surface area contributed by atoms with E-state index in [2.05, 4.69) is 21.3 Å². The molecule has 0 aromatic carbocycles. The summed E-state index contributed by atoms with van der Waals surface area (Å²) in [6.45, 7) is 12.6. The van der Waals surface area contributed by atoms with Crippen molar-refractivity contribution in [2.24, 2.45) is 5.73 Å². The lowest BCUT2D eigenvalue weighted by Gasteiger charge is -2.49. The van der Waals surface area contributed by atoms with Crippen molar-refractivity contribution in [2.75, 3.05) is 19.7 Å². The van der Waals surface area contributed by atoms with Gasteiger partial charge in [0.2, 0.25) is 0 Å². The molecule has 0 aromatic heterocycles. The molecule has 3 aliphatic heterocycles. The zero-order chi connectivity index (χ0) is 46.4. The highest BCUT2D eigenvalue weighted by molar-refractivity contribution is 5.80. The highest BCUT2D eigenvalue weighted by Crippen LogP contribution is 2.32. The van der Waals surface area contributed by atoms with Crippen LogP contribution in [0.4, 0.5) is 14.4 Å². The predicted octanol–water partition coefficient (Wildman–Crippen LogP) is -4.18. The van der Waals surface area contributed by atoms with Crippen LogP contribution in [-0.2, 0) is 42.7 Å². The van der Waals surface area contributed by atoms with Gasteiger partial charge in [-0.2, -0.15) is 0 Å². The summed E-state index contributed by atoms with van der Waals surface area (Å²) in [5.74, 6) is -1.18. The minimum Gasteiger partial charge on any atom is -0.444 e. The van der Waals surface area contributed by atoms with Gasteiger partial charge in [-0.15, -0.1) is 0 Å². The van der Waals surface area contributed by atoms with Crippen molar-refractivity contribution in [3.05, 3.63) is 0 Å². The van der Waals surface area contributed by atoms with Gasteiger partial charge in [0.15, 0.2) is 25.0 Å². The Morgan fingerprint density at radius 3 is 1.59 bits per heavy atom. The Labute approximate surface area is 352 Å². The van der Waals surface area contributed by atoms with Crippen LogP contribution in [0.15, 0.2) is 0 Å². The smallest absolute Gasteiger partial charge is 0.409 e. The summed E-state index contributed by atoms with van der Waals surface area (Å²) in [5.41, 5.74) is 2.73. The van der Waals surface area contributed by atoms with Crippen LogP contribution in [0.2, 0.25) is 0 Å². The van der Waals surface area contributed by atoms with Gasteiger partial charge in [0.25, 0.3) is 5.91 Å². The molecule has 6 unspecified atom stereocenters. The first-order valence-electron chi connectivity index (χ1n) is 19.7. The second kappa shape index (κ2) is 21.4. The lowest BCUT2D eigenvalue weighted by atomic mass is 9.95. The first-order valence-corrected chi connectivity index (χ1v) is 19.7. The third-order valence-electron chi connectivity index (χ3n) is 8.95. The minimum atomic E-state index is -2.16. The Morgan fingerprint density at radius 1 is 0.607 bits per heavy atom. The van der Waals surface area contributed by atoms with E-state index in [9.17, 15) is 60.0 Å². The Hall–Kier alpha value is -3.28. The average molecular weight is 888 g/mol. The number of nitrogens with one attached hydrogen (secondary N) is 4. The summed E-state index contributed by atoms with van der Waals surface area (Å²) in [6, 6.07) is -1.65.